The van der Waals surface area contributed by atoms with Gasteiger partial charge in [-0.25, -0.2) is 0 Å². The Morgan fingerprint density at radius 3 is 2.79 bits per heavy atom. The van der Waals surface area contributed by atoms with Crippen LogP contribution in [0.2, 0.25) is 5.02 Å². The molecule has 24 heavy (non-hydrogen) atoms. The number of hydrogen-bond donors (Lipinski definition) is 0. The fourth-order valence-corrected chi connectivity index (χ4v) is 4.11. The highest BCUT2D eigenvalue weighted by atomic mass is 35.5. The number of ether oxygens (including phenoxy) is 1. The van der Waals surface area contributed by atoms with Crippen LogP contribution in [0.15, 0.2) is 18.2 Å². The number of carbonyl (C=O) groups excluding carboxylic acids is 1. The molecule has 3 rings (SSSR count). The van der Waals surface area contributed by atoms with Crippen molar-refractivity contribution < 1.29 is 14.5 Å². The first-order valence-corrected chi connectivity index (χ1v) is 8.80. The predicted molar refractivity (Wildman–Crippen MR) is 90.3 cm³/mol. The molecule has 1 saturated carbocycles. The second kappa shape index (κ2) is 7.38. The van der Waals surface area contributed by atoms with Crippen molar-refractivity contribution in [2.45, 2.75) is 44.6 Å². The first-order valence-electron chi connectivity index (χ1n) is 8.42. The minimum absolute atomic E-state index is 0.0268. The third-order valence-corrected chi connectivity index (χ3v) is 5.34. The standard InChI is InChI=1S/C17H21ClN2O4/c18-14-10-13(20(22)23)7-8-16(14)24-11-17(21)19-9-3-5-12-4-1-2-6-15(12)19/h7-8,10,12,15H,1-6,9,11H2/t12-,15+/m0/s1. The van der Waals surface area contributed by atoms with Crippen LogP contribution in [-0.2, 0) is 4.79 Å². The summed E-state index contributed by atoms with van der Waals surface area (Å²) in [5.41, 5.74) is -0.0974. The zero-order chi connectivity index (χ0) is 17.1. The molecule has 6 nitrogen and oxygen atoms in total. The Labute approximate surface area is 145 Å². The normalized spacial score (nSPS) is 23.5. The van der Waals surface area contributed by atoms with Crippen molar-refractivity contribution in [3.05, 3.63) is 33.3 Å². The predicted octanol–water partition coefficient (Wildman–Crippen LogP) is 3.81. The van der Waals surface area contributed by atoms with Crippen LogP contribution in [-0.4, -0.2) is 34.9 Å². The number of benzene rings is 1. The maximum Gasteiger partial charge on any atom is 0.271 e. The number of nitro groups is 1. The van der Waals surface area contributed by atoms with Crippen molar-refractivity contribution in [1.82, 2.24) is 4.90 Å². The lowest BCUT2D eigenvalue weighted by Gasteiger charge is -2.44. The van der Waals surface area contributed by atoms with E-state index in [1.807, 2.05) is 4.90 Å². The number of likely N-dealkylation sites (tertiary alicyclic amines) is 1. The Balaban J connectivity index is 1.61. The number of rotatable bonds is 4. The number of hydrogen-bond acceptors (Lipinski definition) is 4. The summed E-state index contributed by atoms with van der Waals surface area (Å²) in [6.45, 7) is 0.706. The molecule has 2 fully saturated rings. The van der Waals surface area contributed by atoms with Crippen LogP contribution >= 0.6 is 11.6 Å². The first-order chi connectivity index (χ1) is 11.6. The molecule has 1 aliphatic carbocycles. The van der Waals surface area contributed by atoms with Gasteiger partial charge in [0.05, 0.1) is 9.95 Å². The SMILES string of the molecule is O=C(COc1ccc([N+](=O)[O-])cc1Cl)N1CCC[C@@H]2CCCC[C@H]21. The average molecular weight is 353 g/mol. The van der Waals surface area contributed by atoms with E-state index in [-0.39, 0.29) is 23.2 Å². The number of carbonyl (C=O) groups is 1. The average Bonchev–Trinajstić information content (AvgIpc) is 2.59. The molecule has 0 unspecified atom stereocenters. The van der Waals surface area contributed by atoms with E-state index in [1.54, 1.807) is 0 Å². The highest BCUT2D eigenvalue weighted by Gasteiger charge is 2.35. The Hall–Kier alpha value is -1.82. The topological polar surface area (TPSA) is 72.7 Å². The summed E-state index contributed by atoms with van der Waals surface area (Å²) in [5, 5.41) is 10.9. The zero-order valence-electron chi connectivity index (χ0n) is 13.4. The summed E-state index contributed by atoms with van der Waals surface area (Å²) in [6, 6.07) is 4.34. The van der Waals surface area contributed by atoms with Gasteiger partial charge in [-0.3, -0.25) is 14.9 Å². The van der Waals surface area contributed by atoms with Gasteiger partial charge in [0.25, 0.3) is 11.6 Å². The van der Waals surface area contributed by atoms with Gasteiger partial charge in [-0.05, 0) is 37.7 Å². The highest BCUT2D eigenvalue weighted by Crippen LogP contribution is 2.35. The second-order valence-corrected chi connectivity index (χ2v) is 6.91. The molecule has 1 heterocycles. The maximum atomic E-state index is 12.6. The van der Waals surface area contributed by atoms with E-state index in [0.29, 0.717) is 17.7 Å². The molecule has 1 aliphatic heterocycles. The van der Waals surface area contributed by atoms with Gasteiger partial charge in [-0.1, -0.05) is 24.4 Å². The van der Waals surface area contributed by atoms with Crippen molar-refractivity contribution in [2.75, 3.05) is 13.2 Å². The maximum absolute atomic E-state index is 12.6. The van der Waals surface area contributed by atoms with E-state index in [9.17, 15) is 14.9 Å². The van der Waals surface area contributed by atoms with Crippen LogP contribution in [0, 0.1) is 16.0 Å². The Bertz CT molecular complexity index is 635. The number of non-ortho nitro benzene ring substituents is 1. The quantitative estimate of drug-likeness (QED) is 0.610. The summed E-state index contributed by atoms with van der Waals surface area (Å²) in [4.78, 5) is 24.7. The summed E-state index contributed by atoms with van der Waals surface area (Å²) in [7, 11) is 0. The third kappa shape index (κ3) is 3.64. The first kappa shape index (κ1) is 17.0. The molecular weight excluding hydrogens is 332 g/mol. The molecule has 0 aromatic heterocycles. The Morgan fingerprint density at radius 2 is 2.04 bits per heavy atom. The zero-order valence-corrected chi connectivity index (χ0v) is 14.2. The molecule has 2 atom stereocenters. The van der Waals surface area contributed by atoms with Gasteiger partial charge in [0.15, 0.2) is 6.61 Å². The lowest BCUT2D eigenvalue weighted by atomic mass is 9.78. The number of nitro benzene ring substituents is 1. The van der Waals surface area contributed by atoms with Crippen LogP contribution in [0.25, 0.3) is 0 Å². The van der Waals surface area contributed by atoms with Gasteiger partial charge in [0.1, 0.15) is 5.75 Å². The molecule has 0 radical (unpaired) electrons. The third-order valence-electron chi connectivity index (χ3n) is 5.04. The van der Waals surface area contributed by atoms with E-state index in [4.69, 9.17) is 16.3 Å². The second-order valence-electron chi connectivity index (χ2n) is 6.50. The molecule has 0 bridgehead atoms. The minimum atomic E-state index is -0.516. The summed E-state index contributed by atoms with van der Waals surface area (Å²) in [6.07, 6.45) is 6.99. The van der Waals surface area contributed by atoms with E-state index < -0.39 is 4.92 Å². The van der Waals surface area contributed by atoms with Crippen LogP contribution in [0.3, 0.4) is 0 Å². The molecular formula is C17H21ClN2O4. The lowest BCUT2D eigenvalue weighted by molar-refractivity contribution is -0.384. The van der Waals surface area contributed by atoms with Crippen LogP contribution in [0.5, 0.6) is 5.75 Å². The highest BCUT2D eigenvalue weighted by molar-refractivity contribution is 6.32. The van der Waals surface area contributed by atoms with Gasteiger partial charge in [0.2, 0.25) is 0 Å². The number of nitrogens with zero attached hydrogens (tertiary/aromatic N) is 2. The Kier molecular flexibility index (Phi) is 5.23. The van der Waals surface area contributed by atoms with Crippen molar-refractivity contribution in [3.8, 4) is 5.75 Å². The summed E-state index contributed by atoms with van der Waals surface area (Å²) < 4.78 is 5.52. The molecule has 1 aromatic rings. The van der Waals surface area contributed by atoms with Crippen molar-refractivity contribution in [1.29, 1.82) is 0 Å². The van der Waals surface area contributed by atoms with Gasteiger partial charge in [-0.2, -0.15) is 0 Å². The van der Waals surface area contributed by atoms with Gasteiger partial charge in [-0.15, -0.1) is 0 Å². The number of amides is 1. The van der Waals surface area contributed by atoms with Gasteiger partial charge in [0, 0.05) is 24.7 Å². The summed E-state index contributed by atoms with van der Waals surface area (Å²) in [5.74, 6) is 0.897. The van der Waals surface area contributed by atoms with Crippen LogP contribution < -0.4 is 4.74 Å². The van der Waals surface area contributed by atoms with E-state index in [0.717, 1.165) is 19.4 Å². The van der Waals surface area contributed by atoms with Gasteiger partial charge < -0.3 is 9.64 Å². The number of halogens is 1. The molecule has 0 spiro atoms. The lowest BCUT2D eigenvalue weighted by Crippen LogP contribution is -2.51. The van der Waals surface area contributed by atoms with Crippen LogP contribution in [0.1, 0.15) is 38.5 Å². The van der Waals surface area contributed by atoms with E-state index in [2.05, 4.69) is 0 Å². The number of fused-ring (bicyclic) bond motifs is 1. The minimum Gasteiger partial charge on any atom is -0.482 e. The smallest absolute Gasteiger partial charge is 0.271 e. The van der Waals surface area contributed by atoms with Gasteiger partial charge >= 0.3 is 0 Å². The van der Waals surface area contributed by atoms with Crippen molar-refractivity contribution in [2.24, 2.45) is 5.92 Å². The molecule has 7 heteroatoms. The largest absolute Gasteiger partial charge is 0.482 e. The fraction of sp³-hybridized carbons (Fsp3) is 0.588. The molecule has 1 aromatic carbocycles. The molecule has 1 saturated heterocycles. The molecule has 0 N–H and O–H groups in total. The molecule has 130 valence electrons. The monoisotopic (exact) mass is 352 g/mol. The van der Waals surface area contributed by atoms with E-state index in [1.165, 1.54) is 43.9 Å². The Morgan fingerprint density at radius 1 is 1.29 bits per heavy atom. The summed E-state index contributed by atoms with van der Waals surface area (Å²) >= 11 is 6.00. The van der Waals surface area contributed by atoms with Crippen molar-refractivity contribution >= 4 is 23.2 Å². The fourth-order valence-electron chi connectivity index (χ4n) is 3.88. The molecule has 2 aliphatic rings. The molecule has 1 amide bonds. The van der Waals surface area contributed by atoms with E-state index >= 15 is 0 Å². The van der Waals surface area contributed by atoms with Crippen molar-refractivity contribution in [3.63, 3.8) is 0 Å². The van der Waals surface area contributed by atoms with Crippen LogP contribution in [0.4, 0.5) is 5.69 Å². The number of piperidine rings is 1.